The lowest BCUT2D eigenvalue weighted by Gasteiger charge is -2.53. The van der Waals surface area contributed by atoms with Gasteiger partial charge in [-0.1, -0.05) is 48.5 Å². The Morgan fingerprint density at radius 2 is 1.59 bits per heavy atom. The number of ether oxygens (including phenoxy) is 2. The minimum atomic E-state index is -5.19. The van der Waals surface area contributed by atoms with Crippen LogP contribution in [0.2, 0.25) is 0 Å². The number of carboxylic acid groups (broad SMARTS) is 1. The van der Waals surface area contributed by atoms with Gasteiger partial charge in [-0.15, -0.1) is 0 Å². The molecule has 4 aliphatic heterocycles. The molecule has 3 saturated heterocycles. The first-order valence-electron chi connectivity index (χ1n) is 16.0. The standard InChI is InChI=1S/C34H40N2O3.C2HF3O2/c1-24-10-8-11-25(2)32(24)38-21-7-3-6-18-36-19-16-26(17-20-36)30(23-36)35-34(37)29-14-9-13-28-22-27-12-4-5-15-31(27)39-33(28)29;3-2(4,5)1(6)7/h4-5,8-15,26,30H,3,6-7,16-23H2,1-2H3;(H,6,7)/t26?,30-,36?;/m1./s1. The molecule has 2 bridgehead atoms. The van der Waals surface area contributed by atoms with E-state index < -0.39 is 12.1 Å². The Morgan fingerprint density at radius 3 is 2.28 bits per heavy atom. The van der Waals surface area contributed by atoms with E-state index in [2.05, 4.69) is 49.5 Å². The Morgan fingerprint density at radius 1 is 0.935 bits per heavy atom. The number of alkyl halides is 3. The minimum absolute atomic E-state index is 0.00628. The minimum Gasteiger partial charge on any atom is -0.542 e. The van der Waals surface area contributed by atoms with Gasteiger partial charge in [0.2, 0.25) is 0 Å². The summed E-state index contributed by atoms with van der Waals surface area (Å²) in [5.74, 6) is 0.213. The van der Waals surface area contributed by atoms with E-state index >= 15 is 0 Å². The zero-order valence-corrected chi connectivity index (χ0v) is 26.3. The summed E-state index contributed by atoms with van der Waals surface area (Å²) >= 11 is 0. The van der Waals surface area contributed by atoms with Crippen molar-refractivity contribution in [1.82, 2.24) is 5.32 Å². The van der Waals surface area contributed by atoms with Gasteiger partial charge in [0.15, 0.2) is 0 Å². The molecule has 3 aromatic carbocycles. The molecule has 4 heterocycles. The van der Waals surface area contributed by atoms with Crippen molar-refractivity contribution in [2.45, 2.75) is 64.6 Å². The number of benzene rings is 3. The summed E-state index contributed by atoms with van der Waals surface area (Å²) in [5.41, 5.74) is 5.34. The number of hydrogen-bond acceptors (Lipinski definition) is 5. The molecule has 7 nitrogen and oxygen atoms in total. The van der Waals surface area contributed by atoms with Crippen molar-refractivity contribution in [3.05, 3.63) is 88.5 Å². The summed E-state index contributed by atoms with van der Waals surface area (Å²) in [6, 6.07) is 20.6. The van der Waals surface area contributed by atoms with Crippen molar-refractivity contribution in [2.24, 2.45) is 5.92 Å². The summed E-state index contributed by atoms with van der Waals surface area (Å²) < 4.78 is 45.1. The summed E-state index contributed by atoms with van der Waals surface area (Å²) in [7, 11) is 0. The highest BCUT2D eigenvalue weighted by Gasteiger charge is 2.46. The predicted molar refractivity (Wildman–Crippen MR) is 166 cm³/mol. The molecule has 1 N–H and O–H groups in total. The molecule has 3 fully saturated rings. The molecule has 10 heteroatoms. The fourth-order valence-electron chi connectivity index (χ4n) is 7.03. The number of unbranched alkanes of at least 4 members (excludes halogenated alkanes) is 2. The third-order valence-electron chi connectivity index (χ3n) is 9.49. The Balaban J connectivity index is 0.000000537. The van der Waals surface area contributed by atoms with Crippen molar-refractivity contribution in [3.8, 4) is 17.2 Å². The van der Waals surface area contributed by atoms with Gasteiger partial charge >= 0.3 is 6.18 Å². The highest BCUT2D eigenvalue weighted by Crippen LogP contribution is 2.39. The van der Waals surface area contributed by atoms with E-state index in [4.69, 9.17) is 19.4 Å². The number of aryl methyl sites for hydroxylation is 2. The van der Waals surface area contributed by atoms with Gasteiger partial charge in [-0.05, 0) is 67.9 Å². The number of aliphatic carboxylic acids is 1. The molecule has 4 aliphatic rings. The van der Waals surface area contributed by atoms with Crippen LogP contribution < -0.4 is 19.9 Å². The fraction of sp³-hybridized carbons (Fsp3) is 0.444. The SMILES string of the molecule is Cc1cccc(C)c1OCCCCC[N+]12CCC(CC1)[C@H](NC(=O)c1cccc3c1Oc1ccccc1C3)C2.O=C([O-])C(F)(F)F. The number of amides is 1. The largest absolute Gasteiger partial charge is 0.542 e. The Bertz CT molecular complexity index is 1530. The van der Waals surface area contributed by atoms with Crippen molar-refractivity contribution in [1.29, 1.82) is 0 Å². The quantitative estimate of drug-likeness (QED) is 0.183. The number of carbonyl (C=O) groups is 2. The van der Waals surface area contributed by atoms with Gasteiger partial charge < -0.3 is 29.2 Å². The lowest BCUT2D eigenvalue weighted by atomic mass is 9.81. The molecule has 0 aromatic heterocycles. The highest BCUT2D eigenvalue weighted by atomic mass is 19.4. The maximum Gasteiger partial charge on any atom is 0.430 e. The monoisotopic (exact) mass is 638 g/mol. The van der Waals surface area contributed by atoms with Crippen molar-refractivity contribution in [3.63, 3.8) is 0 Å². The smallest absolute Gasteiger partial charge is 0.430 e. The van der Waals surface area contributed by atoms with Crippen molar-refractivity contribution < 1.29 is 41.8 Å². The average Bonchev–Trinajstić information content (AvgIpc) is 3.03. The number of carboxylic acids is 1. The zero-order valence-electron chi connectivity index (χ0n) is 26.3. The van der Waals surface area contributed by atoms with E-state index in [1.807, 2.05) is 30.3 Å². The molecule has 0 spiro atoms. The lowest BCUT2D eigenvalue weighted by Crippen LogP contribution is -2.67. The predicted octanol–water partition coefficient (Wildman–Crippen LogP) is 5.89. The van der Waals surface area contributed by atoms with Crippen LogP contribution in [0.25, 0.3) is 0 Å². The van der Waals surface area contributed by atoms with E-state index in [0.717, 1.165) is 53.3 Å². The fourth-order valence-corrected chi connectivity index (χ4v) is 7.03. The van der Waals surface area contributed by atoms with Gasteiger partial charge in [-0.3, -0.25) is 4.79 Å². The number of quaternary nitrogens is 1. The van der Waals surface area contributed by atoms with Crippen molar-refractivity contribution in [2.75, 3.05) is 32.8 Å². The molecule has 46 heavy (non-hydrogen) atoms. The van der Waals surface area contributed by atoms with Gasteiger partial charge in [-0.2, -0.15) is 13.2 Å². The molecule has 3 aromatic rings. The maximum atomic E-state index is 13.6. The number of para-hydroxylation sites is 3. The van der Waals surface area contributed by atoms with E-state index in [0.29, 0.717) is 11.5 Å². The number of fused-ring (bicyclic) bond motifs is 5. The summed E-state index contributed by atoms with van der Waals surface area (Å²) in [6.07, 6.45) is 1.49. The summed E-state index contributed by atoms with van der Waals surface area (Å²) in [5, 5.41) is 12.2. The molecule has 0 unspecified atom stereocenters. The van der Waals surface area contributed by atoms with Crippen LogP contribution in [0.5, 0.6) is 17.2 Å². The molecule has 246 valence electrons. The number of nitrogens with one attached hydrogen (secondary N) is 1. The van der Waals surface area contributed by atoms with E-state index in [1.54, 1.807) is 0 Å². The van der Waals surface area contributed by atoms with E-state index in [1.165, 1.54) is 62.0 Å². The second-order valence-corrected chi connectivity index (χ2v) is 12.7. The zero-order chi connectivity index (χ0) is 32.9. The van der Waals surface area contributed by atoms with Crippen LogP contribution in [-0.2, 0) is 11.2 Å². The third kappa shape index (κ3) is 7.84. The number of halogens is 3. The number of rotatable bonds is 9. The Labute approximate surface area is 267 Å². The molecule has 0 aliphatic carbocycles. The number of nitrogens with zero attached hydrogens (tertiary/aromatic N) is 1. The first-order chi connectivity index (χ1) is 22.0. The van der Waals surface area contributed by atoms with Gasteiger partial charge in [0.25, 0.3) is 5.91 Å². The molecular weight excluding hydrogens is 597 g/mol. The van der Waals surface area contributed by atoms with E-state index in [9.17, 15) is 18.0 Å². The molecule has 1 atom stereocenters. The number of carbonyl (C=O) groups excluding carboxylic acids is 2. The average molecular weight is 639 g/mol. The number of piperidine rings is 3. The topological polar surface area (TPSA) is 87.7 Å². The Kier molecular flexibility index (Phi) is 10.3. The highest BCUT2D eigenvalue weighted by molar-refractivity contribution is 5.98. The van der Waals surface area contributed by atoms with Crippen LogP contribution in [0.3, 0.4) is 0 Å². The van der Waals surface area contributed by atoms with Crippen LogP contribution in [0.4, 0.5) is 13.2 Å². The second-order valence-electron chi connectivity index (χ2n) is 12.7. The van der Waals surface area contributed by atoms with Crippen LogP contribution in [0, 0.1) is 19.8 Å². The third-order valence-corrected chi connectivity index (χ3v) is 9.49. The van der Waals surface area contributed by atoms with E-state index in [-0.39, 0.29) is 11.9 Å². The van der Waals surface area contributed by atoms with Gasteiger partial charge in [0.1, 0.15) is 23.2 Å². The van der Waals surface area contributed by atoms with Gasteiger partial charge in [0.05, 0.1) is 44.4 Å². The molecule has 0 radical (unpaired) electrons. The van der Waals surface area contributed by atoms with Crippen LogP contribution in [0.15, 0.2) is 60.7 Å². The number of hydrogen-bond donors (Lipinski definition) is 1. The first-order valence-corrected chi connectivity index (χ1v) is 16.0. The molecule has 1 amide bonds. The Hall–Kier alpha value is -4.05. The second kappa shape index (κ2) is 14.2. The molecule has 7 rings (SSSR count). The van der Waals surface area contributed by atoms with Crippen LogP contribution in [-0.4, -0.2) is 61.4 Å². The van der Waals surface area contributed by atoms with Gasteiger partial charge in [-0.25, -0.2) is 0 Å². The lowest BCUT2D eigenvalue weighted by molar-refractivity contribution is -0.944. The van der Waals surface area contributed by atoms with Crippen LogP contribution >= 0.6 is 0 Å². The normalized spacial score (nSPS) is 21.2. The van der Waals surface area contributed by atoms with Crippen LogP contribution in [0.1, 0.15) is 64.7 Å². The summed E-state index contributed by atoms with van der Waals surface area (Å²) in [4.78, 5) is 22.3. The molecule has 0 saturated carbocycles. The van der Waals surface area contributed by atoms with Gasteiger partial charge in [0, 0.05) is 24.8 Å². The first kappa shape index (κ1) is 33.3. The summed E-state index contributed by atoms with van der Waals surface area (Å²) in [6.45, 7) is 9.75. The molecular formula is C36H41F3N2O5. The van der Waals surface area contributed by atoms with Crippen molar-refractivity contribution >= 4 is 11.9 Å². The maximum absolute atomic E-state index is 13.6.